The summed E-state index contributed by atoms with van der Waals surface area (Å²) in [6.45, 7) is 3.77. The van der Waals surface area contributed by atoms with Crippen LogP contribution in [-0.4, -0.2) is 66.9 Å². The van der Waals surface area contributed by atoms with E-state index >= 15 is 0 Å². The average Bonchev–Trinajstić information content (AvgIpc) is 2.83. The van der Waals surface area contributed by atoms with E-state index in [1.807, 2.05) is 0 Å². The lowest BCUT2D eigenvalue weighted by molar-refractivity contribution is -0.144. The second-order valence-corrected chi connectivity index (χ2v) is 8.75. The summed E-state index contributed by atoms with van der Waals surface area (Å²) >= 11 is 18.9. The third-order valence-electron chi connectivity index (χ3n) is 5.46. The van der Waals surface area contributed by atoms with Crippen molar-refractivity contribution in [1.29, 1.82) is 0 Å². The van der Waals surface area contributed by atoms with Gasteiger partial charge in [0.15, 0.2) is 0 Å². The average molecular weight is 526 g/mol. The van der Waals surface area contributed by atoms with Crippen LogP contribution in [-0.2, 0) is 14.4 Å². The van der Waals surface area contributed by atoms with Crippen LogP contribution in [0.5, 0.6) is 5.75 Å². The summed E-state index contributed by atoms with van der Waals surface area (Å²) in [6, 6.07) is 7.44. The minimum absolute atomic E-state index is 0.00342. The van der Waals surface area contributed by atoms with Gasteiger partial charge in [-0.15, -0.1) is 0 Å². The van der Waals surface area contributed by atoms with Gasteiger partial charge in [-0.05, 0) is 30.3 Å². The number of amides is 3. The largest absolute Gasteiger partial charge is 0.495 e. The lowest BCUT2D eigenvalue weighted by Gasteiger charge is -2.39. The van der Waals surface area contributed by atoms with E-state index in [-0.39, 0.29) is 32.1 Å². The van der Waals surface area contributed by atoms with Crippen molar-refractivity contribution in [2.45, 2.75) is 6.04 Å². The fourth-order valence-electron chi connectivity index (χ4n) is 3.69. The molecule has 0 saturated carbocycles. The van der Waals surface area contributed by atoms with Crippen LogP contribution in [0.3, 0.4) is 0 Å². The van der Waals surface area contributed by atoms with Crippen LogP contribution in [0.2, 0.25) is 15.1 Å². The number of carbonyl (C=O) groups is 3. The molecular formula is C23H23Cl3N4O4. The molecule has 1 fully saturated rings. The first-order valence-electron chi connectivity index (χ1n) is 10.2. The molecule has 1 atom stereocenters. The Labute approximate surface area is 212 Å². The van der Waals surface area contributed by atoms with Crippen molar-refractivity contribution in [1.82, 2.24) is 9.80 Å². The van der Waals surface area contributed by atoms with Crippen molar-refractivity contribution in [2.24, 2.45) is 5.73 Å². The SMILES string of the molecule is C=CC(=O)N1CCN(C(=O)CNc2cc(-c3cc(Cl)ccc3Cl)c(Cl)cc2OC)CC1C(N)=O. The maximum Gasteiger partial charge on any atom is 0.246 e. The molecule has 1 unspecified atom stereocenters. The van der Waals surface area contributed by atoms with Gasteiger partial charge in [0.05, 0.1) is 30.9 Å². The summed E-state index contributed by atoms with van der Waals surface area (Å²) in [5.41, 5.74) is 7.20. The number of nitrogens with zero attached hydrogens (tertiary/aromatic N) is 2. The maximum absolute atomic E-state index is 12.9. The number of hydrogen-bond donors (Lipinski definition) is 2. The quantitative estimate of drug-likeness (QED) is 0.539. The molecule has 1 heterocycles. The second-order valence-electron chi connectivity index (χ2n) is 7.50. The van der Waals surface area contributed by atoms with Crippen molar-refractivity contribution in [3.8, 4) is 16.9 Å². The monoisotopic (exact) mass is 524 g/mol. The molecule has 0 bridgehead atoms. The molecule has 3 amide bonds. The van der Waals surface area contributed by atoms with Crippen LogP contribution in [0.1, 0.15) is 0 Å². The highest BCUT2D eigenvalue weighted by Gasteiger charge is 2.34. The Hall–Kier alpha value is -2.94. The number of benzene rings is 2. The lowest BCUT2D eigenvalue weighted by atomic mass is 10.0. The number of nitrogens with two attached hydrogens (primary N) is 1. The van der Waals surface area contributed by atoms with Gasteiger partial charge in [-0.25, -0.2) is 0 Å². The van der Waals surface area contributed by atoms with Gasteiger partial charge in [-0.3, -0.25) is 14.4 Å². The Balaban J connectivity index is 1.79. The number of ether oxygens (including phenoxy) is 1. The van der Waals surface area contributed by atoms with Gasteiger partial charge in [0, 0.05) is 40.3 Å². The molecule has 1 aliphatic heterocycles. The van der Waals surface area contributed by atoms with E-state index in [2.05, 4.69) is 11.9 Å². The van der Waals surface area contributed by atoms with Crippen LogP contribution in [0.25, 0.3) is 11.1 Å². The predicted molar refractivity (Wildman–Crippen MR) is 133 cm³/mol. The number of methoxy groups -OCH3 is 1. The molecule has 180 valence electrons. The normalized spacial score (nSPS) is 15.6. The first-order chi connectivity index (χ1) is 16.2. The first kappa shape index (κ1) is 25.7. The maximum atomic E-state index is 12.9. The van der Waals surface area contributed by atoms with E-state index in [1.165, 1.54) is 16.9 Å². The highest BCUT2D eigenvalue weighted by molar-refractivity contribution is 6.37. The molecule has 2 aromatic rings. The number of anilines is 1. The van der Waals surface area contributed by atoms with E-state index in [4.69, 9.17) is 45.3 Å². The molecule has 1 saturated heterocycles. The van der Waals surface area contributed by atoms with Gasteiger partial charge >= 0.3 is 0 Å². The van der Waals surface area contributed by atoms with Gasteiger partial charge in [0.2, 0.25) is 17.7 Å². The fourth-order valence-corrected chi connectivity index (χ4v) is 4.34. The molecule has 1 aliphatic rings. The summed E-state index contributed by atoms with van der Waals surface area (Å²) in [5, 5.41) is 4.41. The Kier molecular flexibility index (Phi) is 8.30. The van der Waals surface area contributed by atoms with Gasteiger partial charge in [-0.2, -0.15) is 0 Å². The Bertz CT molecular complexity index is 1140. The van der Waals surface area contributed by atoms with Gasteiger partial charge in [0.25, 0.3) is 0 Å². The van der Waals surface area contributed by atoms with Crippen LogP contribution >= 0.6 is 34.8 Å². The van der Waals surface area contributed by atoms with E-state index in [9.17, 15) is 14.4 Å². The van der Waals surface area contributed by atoms with E-state index in [0.717, 1.165) is 6.08 Å². The molecular weight excluding hydrogens is 503 g/mol. The molecule has 8 nitrogen and oxygen atoms in total. The number of carbonyl (C=O) groups excluding carboxylic acids is 3. The third kappa shape index (κ3) is 5.58. The Morgan fingerprint density at radius 1 is 1.15 bits per heavy atom. The Morgan fingerprint density at radius 2 is 1.85 bits per heavy atom. The van der Waals surface area contributed by atoms with Gasteiger partial charge in [0.1, 0.15) is 11.8 Å². The van der Waals surface area contributed by atoms with E-state index in [0.29, 0.717) is 37.6 Å². The molecule has 3 N–H and O–H groups in total. The molecule has 2 aromatic carbocycles. The van der Waals surface area contributed by atoms with Gasteiger partial charge < -0.3 is 25.6 Å². The lowest BCUT2D eigenvalue weighted by Crippen LogP contribution is -2.61. The third-order valence-corrected chi connectivity index (χ3v) is 6.33. The minimum atomic E-state index is -0.926. The van der Waals surface area contributed by atoms with Crippen LogP contribution in [0, 0.1) is 0 Å². The summed E-state index contributed by atoms with van der Waals surface area (Å²) in [6.07, 6.45) is 1.12. The number of nitrogens with one attached hydrogen (secondary N) is 1. The van der Waals surface area contributed by atoms with Crippen molar-refractivity contribution in [2.75, 3.05) is 38.6 Å². The summed E-state index contributed by atoms with van der Waals surface area (Å²) in [5.74, 6) is -0.956. The molecule has 0 aromatic heterocycles. The number of piperazine rings is 1. The van der Waals surface area contributed by atoms with E-state index < -0.39 is 17.9 Å². The fraction of sp³-hybridized carbons (Fsp3) is 0.261. The zero-order valence-corrected chi connectivity index (χ0v) is 20.6. The van der Waals surface area contributed by atoms with Gasteiger partial charge in [-0.1, -0.05) is 41.4 Å². The van der Waals surface area contributed by atoms with E-state index in [1.54, 1.807) is 30.3 Å². The Morgan fingerprint density at radius 3 is 2.50 bits per heavy atom. The molecule has 3 rings (SSSR count). The first-order valence-corrected chi connectivity index (χ1v) is 11.4. The number of hydrogen-bond acceptors (Lipinski definition) is 5. The summed E-state index contributed by atoms with van der Waals surface area (Å²) < 4.78 is 5.40. The van der Waals surface area contributed by atoms with Crippen molar-refractivity contribution in [3.05, 3.63) is 58.1 Å². The van der Waals surface area contributed by atoms with Crippen LogP contribution < -0.4 is 15.8 Å². The molecule has 0 spiro atoms. The summed E-state index contributed by atoms with van der Waals surface area (Å²) in [4.78, 5) is 39.5. The molecule has 0 radical (unpaired) electrons. The second kappa shape index (κ2) is 11.0. The smallest absolute Gasteiger partial charge is 0.246 e. The highest BCUT2D eigenvalue weighted by Crippen LogP contribution is 2.40. The predicted octanol–water partition coefficient (Wildman–Crippen LogP) is 3.45. The number of primary amides is 1. The zero-order valence-electron chi connectivity index (χ0n) is 18.3. The minimum Gasteiger partial charge on any atom is -0.495 e. The van der Waals surface area contributed by atoms with Crippen LogP contribution in [0.4, 0.5) is 5.69 Å². The summed E-state index contributed by atoms with van der Waals surface area (Å²) in [7, 11) is 1.48. The number of rotatable bonds is 7. The van der Waals surface area contributed by atoms with Crippen LogP contribution in [0.15, 0.2) is 43.0 Å². The number of halogens is 3. The molecule has 0 aliphatic carbocycles. The zero-order chi connectivity index (χ0) is 25.0. The van der Waals surface area contributed by atoms with Crippen molar-refractivity contribution >= 4 is 58.2 Å². The highest BCUT2D eigenvalue weighted by atomic mass is 35.5. The molecule has 34 heavy (non-hydrogen) atoms. The standard InChI is InChI=1S/C23H23Cl3N4O4/c1-3-21(31)30-7-6-29(12-19(30)23(27)33)22(32)11-28-18-9-15(17(26)10-20(18)34-2)14-8-13(24)4-5-16(14)25/h3-5,8-10,19,28H,1,6-7,11-12H2,2H3,(H2,27,33). The van der Waals surface area contributed by atoms with Crippen molar-refractivity contribution < 1.29 is 19.1 Å². The molecule has 11 heteroatoms. The van der Waals surface area contributed by atoms with Crippen molar-refractivity contribution in [3.63, 3.8) is 0 Å². The topological polar surface area (TPSA) is 105 Å².